The highest BCUT2D eigenvalue weighted by Crippen LogP contribution is 2.31. The first-order valence-electron chi connectivity index (χ1n) is 10.1. The van der Waals surface area contributed by atoms with E-state index in [1.54, 1.807) is 24.3 Å². The predicted octanol–water partition coefficient (Wildman–Crippen LogP) is 6.92. The molecule has 0 radical (unpaired) electrons. The van der Waals surface area contributed by atoms with E-state index in [4.69, 9.17) is 37.4 Å². The molecule has 1 aliphatic rings. The van der Waals surface area contributed by atoms with Crippen LogP contribution in [-0.4, -0.2) is 18.5 Å². The molecule has 5 nitrogen and oxygen atoms in total. The van der Waals surface area contributed by atoms with Gasteiger partial charge in [0.15, 0.2) is 17.2 Å². The maximum absolute atomic E-state index is 12.4. The van der Waals surface area contributed by atoms with E-state index < -0.39 is 5.97 Å². The smallest absolute Gasteiger partial charge is 0.363 e. The quantitative estimate of drug-likeness (QED) is 0.169. The van der Waals surface area contributed by atoms with Crippen molar-refractivity contribution in [2.24, 2.45) is 4.99 Å². The molecule has 0 aliphatic carbocycles. The molecule has 3 aromatic rings. The Morgan fingerprint density at radius 1 is 1.00 bits per heavy atom. The first-order chi connectivity index (χ1) is 15.9. The highest BCUT2D eigenvalue weighted by Gasteiger charge is 2.24. The molecule has 0 saturated heterocycles. The maximum atomic E-state index is 12.4. The van der Waals surface area contributed by atoms with Crippen LogP contribution in [0.3, 0.4) is 0 Å². The Morgan fingerprint density at radius 2 is 1.82 bits per heavy atom. The number of carbonyl (C=O) groups is 1. The normalized spacial score (nSPS) is 14.2. The van der Waals surface area contributed by atoms with Crippen LogP contribution in [0, 0.1) is 3.57 Å². The van der Waals surface area contributed by atoms with Crippen molar-refractivity contribution in [3.05, 3.63) is 96.7 Å². The van der Waals surface area contributed by atoms with Gasteiger partial charge in [-0.05, 0) is 77.6 Å². The van der Waals surface area contributed by atoms with Crippen LogP contribution in [0.5, 0.6) is 11.5 Å². The largest absolute Gasteiger partial charge is 0.490 e. The molecule has 0 atom stereocenters. The van der Waals surface area contributed by atoms with Crippen LogP contribution in [0.25, 0.3) is 6.08 Å². The summed E-state index contributed by atoms with van der Waals surface area (Å²) in [7, 11) is 0. The lowest BCUT2D eigenvalue weighted by molar-refractivity contribution is -0.129. The van der Waals surface area contributed by atoms with E-state index in [1.807, 2.05) is 49.4 Å². The monoisotopic (exact) mass is 593 g/mol. The minimum absolute atomic E-state index is 0.172. The molecule has 0 unspecified atom stereocenters. The van der Waals surface area contributed by atoms with Gasteiger partial charge in [-0.2, -0.15) is 0 Å². The number of halogens is 3. The molecule has 0 bridgehead atoms. The summed E-state index contributed by atoms with van der Waals surface area (Å²) in [5.41, 5.74) is 2.55. The van der Waals surface area contributed by atoms with Crippen molar-refractivity contribution >= 4 is 63.7 Å². The molecule has 168 valence electrons. The fourth-order valence-electron chi connectivity index (χ4n) is 3.09. The fourth-order valence-corrected chi connectivity index (χ4v) is 3.93. The van der Waals surface area contributed by atoms with Crippen molar-refractivity contribution in [3.63, 3.8) is 0 Å². The number of rotatable bonds is 7. The Bertz CT molecular complexity index is 1270. The second-order valence-corrected chi connectivity index (χ2v) is 8.96. The SMILES string of the molecule is CCOc1cc(/C=C2\N=C(c3ccc(Cl)c(Cl)c3)OC2=O)ccc1OCc1ccccc1I. The number of cyclic esters (lactones) is 1. The summed E-state index contributed by atoms with van der Waals surface area (Å²) >= 11 is 14.3. The number of hydrogen-bond acceptors (Lipinski definition) is 5. The zero-order valence-corrected chi connectivity index (χ0v) is 21.1. The molecule has 1 heterocycles. The molecule has 4 rings (SSSR count). The molecule has 0 N–H and O–H groups in total. The van der Waals surface area contributed by atoms with E-state index in [9.17, 15) is 4.79 Å². The third-order valence-corrected chi connectivity index (χ3v) is 6.49. The van der Waals surface area contributed by atoms with Gasteiger partial charge in [-0.1, -0.05) is 47.5 Å². The van der Waals surface area contributed by atoms with Crippen molar-refractivity contribution in [1.82, 2.24) is 0 Å². The summed E-state index contributed by atoms with van der Waals surface area (Å²) in [5, 5.41) is 0.765. The Kier molecular flexibility index (Phi) is 7.57. The average molecular weight is 594 g/mol. The summed E-state index contributed by atoms with van der Waals surface area (Å²) < 4.78 is 18.2. The summed E-state index contributed by atoms with van der Waals surface area (Å²) in [6.45, 7) is 2.79. The topological polar surface area (TPSA) is 57.1 Å². The standard InChI is InChI=1S/C25H18Cl2INO4/c1-2-31-23-12-15(7-10-22(23)32-14-17-5-3-4-6-20(17)28)11-21-25(30)33-24(29-21)16-8-9-18(26)19(27)13-16/h3-13H,2,14H2,1H3/b21-11-. The molecule has 33 heavy (non-hydrogen) atoms. The summed E-state index contributed by atoms with van der Waals surface area (Å²) in [4.78, 5) is 16.7. The molecule has 0 saturated carbocycles. The van der Waals surface area contributed by atoms with Crippen LogP contribution in [0.1, 0.15) is 23.6 Å². The van der Waals surface area contributed by atoms with Crippen LogP contribution in [0.15, 0.2) is 71.4 Å². The van der Waals surface area contributed by atoms with Crippen LogP contribution in [0.2, 0.25) is 10.0 Å². The van der Waals surface area contributed by atoms with E-state index >= 15 is 0 Å². The van der Waals surface area contributed by atoms with Gasteiger partial charge in [-0.3, -0.25) is 0 Å². The van der Waals surface area contributed by atoms with Crippen LogP contribution in [-0.2, 0) is 16.1 Å². The molecule has 3 aromatic carbocycles. The van der Waals surface area contributed by atoms with Gasteiger partial charge in [-0.25, -0.2) is 9.79 Å². The number of hydrogen-bond donors (Lipinski definition) is 0. The first-order valence-corrected chi connectivity index (χ1v) is 11.9. The van der Waals surface area contributed by atoms with Crippen molar-refractivity contribution in [2.75, 3.05) is 6.61 Å². The lowest BCUT2D eigenvalue weighted by Gasteiger charge is -2.13. The van der Waals surface area contributed by atoms with E-state index in [0.717, 1.165) is 14.7 Å². The van der Waals surface area contributed by atoms with E-state index in [-0.39, 0.29) is 11.6 Å². The molecule has 0 fully saturated rings. The van der Waals surface area contributed by atoms with E-state index in [2.05, 4.69) is 27.6 Å². The molecular weight excluding hydrogens is 576 g/mol. The Labute approximate surface area is 215 Å². The third-order valence-electron chi connectivity index (χ3n) is 4.70. The summed E-state index contributed by atoms with van der Waals surface area (Å²) in [6, 6.07) is 18.4. The second-order valence-electron chi connectivity index (χ2n) is 6.98. The number of ether oxygens (including phenoxy) is 3. The highest BCUT2D eigenvalue weighted by atomic mass is 127. The van der Waals surface area contributed by atoms with Gasteiger partial charge in [-0.15, -0.1) is 0 Å². The number of aliphatic imine (C=N–C) groups is 1. The van der Waals surface area contributed by atoms with E-state index in [0.29, 0.717) is 40.3 Å². The van der Waals surface area contributed by atoms with Crippen molar-refractivity contribution in [3.8, 4) is 11.5 Å². The lowest BCUT2D eigenvalue weighted by Crippen LogP contribution is -2.05. The highest BCUT2D eigenvalue weighted by molar-refractivity contribution is 14.1. The minimum Gasteiger partial charge on any atom is -0.490 e. The Hall–Kier alpha value is -2.55. The molecular formula is C25H18Cl2INO4. The Balaban J connectivity index is 1.57. The minimum atomic E-state index is -0.548. The predicted molar refractivity (Wildman–Crippen MR) is 138 cm³/mol. The lowest BCUT2D eigenvalue weighted by atomic mass is 10.1. The summed E-state index contributed by atoms with van der Waals surface area (Å²) in [5.74, 6) is 0.825. The van der Waals surface area contributed by atoms with Gasteiger partial charge in [0.05, 0.1) is 16.7 Å². The zero-order chi connectivity index (χ0) is 23.4. The maximum Gasteiger partial charge on any atom is 0.363 e. The molecule has 0 aromatic heterocycles. The van der Waals surface area contributed by atoms with Gasteiger partial charge >= 0.3 is 5.97 Å². The molecule has 1 aliphatic heterocycles. The molecule has 0 amide bonds. The van der Waals surface area contributed by atoms with Crippen LogP contribution < -0.4 is 9.47 Å². The average Bonchev–Trinajstić information content (AvgIpc) is 3.16. The van der Waals surface area contributed by atoms with Crippen molar-refractivity contribution in [2.45, 2.75) is 13.5 Å². The zero-order valence-electron chi connectivity index (χ0n) is 17.5. The van der Waals surface area contributed by atoms with Crippen LogP contribution in [0.4, 0.5) is 0 Å². The fraction of sp³-hybridized carbons (Fsp3) is 0.120. The Morgan fingerprint density at radius 3 is 2.58 bits per heavy atom. The van der Waals surface area contributed by atoms with Crippen molar-refractivity contribution in [1.29, 1.82) is 0 Å². The van der Waals surface area contributed by atoms with Crippen LogP contribution >= 0.6 is 45.8 Å². The number of carbonyl (C=O) groups excluding carboxylic acids is 1. The van der Waals surface area contributed by atoms with Gasteiger partial charge in [0.25, 0.3) is 0 Å². The van der Waals surface area contributed by atoms with E-state index in [1.165, 1.54) is 0 Å². The van der Waals surface area contributed by atoms with Crippen molar-refractivity contribution < 1.29 is 19.0 Å². The van der Waals surface area contributed by atoms with Gasteiger partial charge < -0.3 is 14.2 Å². The molecule has 8 heteroatoms. The van der Waals surface area contributed by atoms with Gasteiger partial charge in [0.2, 0.25) is 5.90 Å². The molecule has 0 spiro atoms. The number of benzene rings is 3. The number of nitrogens with zero attached hydrogens (tertiary/aromatic N) is 1. The summed E-state index contributed by atoms with van der Waals surface area (Å²) in [6.07, 6.45) is 1.64. The number of esters is 1. The first kappa shape index (κ1) is 23.6. The van der Waals surface area contributed by atoms with Gasteiger partial charge in [0, 0.05) is 14.7 Å². The third kappa shape index (κ3) is 5.69. The second kappa shape index (κ2) is 10.6. The van der Waals surface area contributed by atoms with Gasteiger partial charge in [0.1, 0.15) is 6.61 Å².